The average molecular weight is 302 g/mol. The van der Waals surface area contributed by atoms with Gasteiger partial charge in [0, 0.05) is 6.20 Å². The Morgan fingerprint density at radius 2 is 2.59 bits per heavy atom. The van der Waals surface area contributed by atoms with Gasteiger partial charge in [-0.1, -0.05) is 0 Å². The predicted octanol–water partition coefficient (Wildman–Crippen LogP) is 1.63. The lowest BCUT2D eigenvalue weighted by atomic mass is 9.99. The van der Waals surface area contributed by atoms with E-state index in [-0.39, 0.29) is 12.0 Å². The normalized spacial score (nSPS) is 28.3. The van der Waals surface area contributed by atoms with Crippen LogP contribution in [0.15, 0.2) is 16.9 Å². The molecule has 1 heterocycles. The zero-order valence-corrected chi connectivity index (χ0v) is 11.3. The van der Waals surface area contributed by atoms with Crippen LogP contribution in [-0.4, -0.2) is 27.9 Å². The number of halogens is 1. The topological polar surface area (TPSA) is 70.1 Å². The highest BCUT2D eigenvalue weighted by atomic mass is 79.9. The number of carbonyl (C=O) groups excluding carboxylic acids is 1. The number of nitrogens with zero attached hydrogens (tertiary/aromatic N) is 2. The minimum atomic E-state index is -0.848. The maximum absolute atomic E-state index is 11.8. The summed E-state index contributed by atoms with van der Waals surface area (Å²) in [5, 5.41) is 4.23. The Bertz CT molecular complexity index is 421. The molecule has 0 spiro atoms. The van der Waals surface area contributed by atoms with E-state index in [1.165, 1.54) is 0 Å². The second-order valence-corrected chi connectivity index (χ2v) is 5.33. The third-order valence-corrected chi connectivity index (χ3v) is 3.56. The van der Waals surface area contributed by atoms with Crippen molar-refractivity contribution in [2.75, 3.05) is 6.61 Å². The molecule has 2 N–H and O–H groups in total. The highest BCUT2D eigenvalue weighted by molar-refractivity contribution is 9.10. The monoisotopic (exact) mass is 301 g/mol. The van der Waals surface area contributed by atoms with Gasteiger partial charge in [-0.2, -0.15) is 5.10 Å². The fourth-order valence-electron chi connectivity index (χ4n) is 2.25. The fraction of sp³-hybridized carbons (Fsp3) is 0.636. The first kappa shape index (κ1) is 12.6. The largest absolute Gasteiger partial charge is 0.465 e. The molecule has 6 heteroatoms. The average Bonchev–Trinajstić information content (AvgIpc) is 2.86. The van der Waals surface area contributed by atoms with Crippen LogP contribution in [-0.2, 0) is 9.53 Å². The quantitative estimate of drug-likeness (QED) is 0.862. The lowest BCUT2D eigenvalue weighted by Crippen LogP contribution is -2.46. The van der Waals surface area contributed by atoms with Gasteiger partial charge in [0.25, 0.3) is 0 Å². The molecule has 2 unspecified atom stereocenters. The first-order valence-electron chi connectivity index (χ1n) is 5.71. The Morgan fingerprint density at radius 3 is 3.18 bits per heavy atom. The molecule has 94 valence electrons. The number of carbonyl (C=O) groups is 1. The number of esters is 1. The number of hydrogen-bond acceptors (Lipinski definition) is 4. The van der Waals surface area contributed by atoms with Crippen LogP contribution >= 0.6 is 15.9 Å². The Morgan fingerprint density at radius 1 is 1.82 bits per heavy atom. The summed E-state index contributed by atoms with van der Waals surface area (Å²) >= 11 is 3.36. The second-order valence-electron chi connectivity index (χ2n) is 4.41. The summed E-state index contributed by atoms with van der Waals surface area (Å²) in [7, 11) is 0. The number of aromatic nitrogens is 2. The van der Waals surface area contributed by atoms with Crippen LogP contribution in [0.4, 0.5) is 0 Å². The van der Waals surface area contributed by atoms with Crippen LogP contribution in [0.5, 0.6) is 0 Å². The van der Waals surface area contributed by atoms with Crippen molar-refractivity contribution in [2.24, 2.45) is 5.73 Å². The van der Waals surface area contributed by atoms with E-state index < -0.39 is 5.54 Å². The SMILES string of the molecule is CCOC(=O)C1(N)CCC(n2cc(Br)cn2)C1. The van der Waals surface area contributed by atoms with Gasteiger partial charge in [0.15, 0.2) is 0 Å². The molecule has 5 nitrogen and oxygen atoms in total. The lowest BCUT2D eigenvalue weighted by molar-refractivity contribution is -0.149. The summed E-state index contributed by atoms with van der Waals surface area (Å²) in [6, 6.07) is 0.177. The van der Waals surface area contributed by atoms with Gasteiger partial charge in [0.2, 0.25) is 0 Å². The summed E-state index contributed by atoms with van der Waals surface area (Å²) in [5.41, 5.74) is 5.25. The molecule has 1 fully saturated rings. The highest BCUT2D eigenvalue weighted by Crippen LogP contribution is 2.36. The minimum absolute atomic E-state index is 0.177. The number of rotatable bonds is 3. The molecule has 1 aromatic rings. The van der Waals surface area contributed by atoms with E-state index in [0.717, 1.165) is 10.9 Å². The Labute approximate surface area is 108 Å². The first-order chi connectivity index (χ1) is 8.05. The van der Waals surface area contributed by atoms with E-state index in [4.69, 9.17) is 10.5 Å². The molecule has 0 aromatic carbocycles. The Kier molecular flexibility index (Phi) is 3.53. The van der Waals surface area contributed by atoms with Crippen molar-refractivity contribution < 1.29 is 9.53 Å². The van der Waals surface area contributed by atoms with Gasteiger partial charge in [-0.3, -0.25) is 9.48 Å². The van der Waals surface area contributed by atoms with E-state index in [9.17, 15) is 4.79 Å². The molecule has 17 heavy (non-hydrogen) atoms. The molecule has 2 rings (SSSR count). The maximum Gasteiger partial charge on any atom is 0.326 e. The predicted molar refractivity (Wildman–Crippen MR) is 66.4 cm³/mol. The molecule has 0 amide bonds. The molecular formula is C11H16BrN3O2. The molecule has 1 aliphatic carbocycles. The summed E-state index contributed by atoms with van der Waals surface area (Å²) in [6.07, 6.45) is 5.72. The van der Waals surface area contributed by atoms with Gasteiger partial charge >= 0.3 is 5.97 Å². The number of ether oxygens (including phenoxy) is 1. The lowest BCUT2D eigenvalue weighted by Gasteiger charge is -2.21. The van der Waals surface area contributed by atoms with Crippen molar-refractivity contribution in [2.45, 2.75) is 37.8 Å². The van der Waals surface area contributed by atoms with Gasteiger partial charge < -0.3 is 10.5 Å². The Hall–Kier alpha value is -0.880. The molecule has 1 aromatic heterocycles. The third-order valence-electron chi connectivity index (χ3n) is 3.15. The van der Waals surface area contributed by atoms with Crippen LogP contribution in [0.3, 0.4) is 0 Å². The van der Waals surface area contributed by atoms with Gasteiger partial charge in [-0.25, -0.2) is 0 Å². The van der Waals surface area contributed by atoms with Crippen LogP contribution < -0.4 is 5.73 Å². The first-order valence-corrected chi connectivity index (χ1v) is 6.50. The van der Waals surface area contributed by atoms with Crippen LogP contribution in [0.25, 0.3) is 0 Å². The standard InChI is InChI=1S/C11H16BrN3O2/c1-2-17-10(16)11(13)4-3-9(5-11)15-7-8(12)6-14-15/h6-7,9H,2-5,13H2,1H3. The van der Waals surface area contributed by atoms with Crippen molar-refractivity contribution >= 4 is 21.9 Å². The molecular weight excluding hydrogens is 286 g/mol. The van der Waals surface area contributed by atoms with E-state index in [1.807, 2.05) is 10.9 Å². The van der Waals surface area contributed by atoms with E-state index in [0.29, 0.717) is 19.4 Å². The molecule has 2 atom stereocenters. The van der Waals surface area contributed by atoms with Crippen LogP contribution in [0.2, 0.25) is 0 Å². The molecule has 1 aliphatic rings. The second kappa shape index (κ2) is 4.78. The summed E-state index contributed by atoms with van der Waals surface area (Å²) in [5.74, 6) is -0.297. The van der Waals surface area contributed by atoms with E-state index in [1.54, 1.807) is 13.1 Å². The van der Waals surface area contributed by atoms with Gasteiger partial charge in [-0.05, 0) is 42.1 Å². The van der Waals surface area contributed by atoms with Crippen LogP contribution in [0.1, 0.15) is 32.2 Å². The van der Waals surface area contributed by atoms with Gasteiger partial charge in [0.05, 0.1) is 23.3 Å². The van der Waals surface area contributed by atoms with E-state index >= 15 is 0 Å². The summed E-state index contributed by atoms with van der Waals surface area (Å²) in [6.45, 7) is 2.16. The summed E-state index contributed by atoms with van der Waals surface area (Å²) in [4.78, 5) is 11.8. The van der Waals surface area contributed by atoms with Gasteiger partial charge in [0.1, 0.15) is 5.54 Å². The van der Waals surface area contributed by atoms with Gasteiger partial charge in [-0.15, -0.1) is 0 Å². The zero-order valence-electron chi connectivity index (χ0n) is 9.73. The third kappa shape index (κ3) is 2.52. The Balaban J connectivity index is 2.06. The highest BCUT2D eigenvalue weighted by Gasteiger charge is 2.44. The molecule has 0 radical (unpaired) electrons. The van der Waals surface area contributed by atoms with E-state index in [2.05, 4.69) is 21.0 Å². The zero-order chi connectivity index (χ0) is 12.5. The smallest absolute Gasteiger partial charge is 0.326 e. The minimum Gasteiger partial charge on any atom is -0.465 e. The van der Waals surface area contributed by atoms with Crippen LogP contribution in [0, 0.1) is 0 Å². The molecule has 0 aliphatic heterocycles. The van der Waals surface area contributed by atoms with Crippen molar-refractivity contribution in [3.8, 4) is 0 Å². The molecule has 0 bridgehead atoms. The maximum atomic E-state index is 11.8. The molecule has 1 saturated carbocycles. The summed E-state index contributed by atoms with van der Waals surface area (Å²) < 4.78 is 7.81. The van der Waals surface area contributed by atoms with Crippen molar-refractivity contribution in [3.05, 3.63) is 16.9 Å². The molecule has 0 saturated heterocycles. The fourth-order valence-corrected chi connectivity index (χ4v) is 2.55. The van der Waals surface area contributed by atoms with Crippen molar-refractivity contribution in [1.29, 1.82) is 0 Å². The number of hydrogen-bond donors (Lipinski definition) is 1. The van der Waals surface area contributed by atoms with Crippen molar-refractivity contribution in [3.63, 3.8) is 0 Å². The number of nitrogens with two attached hydrogens (primary N) is 1. The van der Waals surface area contributed by atoms with Crippen molar-refractivity contribution in [1.82, 2.24) is 9.78 Å².